The number of hydrogen-bond acceptors (Lipinski definition) is 6. The summed E-state index contributed by atoms with van der Waals surface area (Å²) in [6, 6.07) is 1.79. The average molecular weight is 347 g/mol. The Morgan fingerprint density at radius 3 is 2.56 bits per heavy atom. The molecule has 0 spiro atoms. The Morgan fingerprint density at radius 2 is 1.88 bits per heavy atom. The maximum absolute atomic E-state index is 12.6. The summed E-state index contributed by atoms with van der Waals surface area (Å²) in [6.45, 7) is 3.40. The molecule has 2 aliphatic heterocycles. The summed E-state index contributed by atoms with van der Waals surface area (Å²) in [5, 5.41) is 0. The van der Waals surface area contributed by atoms with Crippen molar-refractivity contribution < 1.29 is 14.3 Å². The number of carbonyl (C=O) groups excluding carboxylic acids is 2. The molecule has 2 amide bonds. The predicted molar refractivity (Wildman–Crippen MR) is 92.1 cm³/mol. The zero-order valence-corrected chi connectivity index (χ0v) is 14.6. The monoisotopic (exact) mass is 347 g/mol. The molecular weight excluding hydrogens is 322 g/mol. The highest BCUT2D eigenvalue weighted by Crippen LogP contribution is 2.15. The van der Waals surface area contributed by atoms with E-state index in [0.29, 0.717) is 38.7 Å². The fourth-order valence-electron chi connectivity index (χ4n) is 3.32. The maximum atomic E-state index is 12.6. The largest absolute Gasteiger partial charge is 0.372 e. The standard InChI is InChI=1S/C17H25N5O3/c1-25-14-5-2-3-8-22(16(14)24)13-15(23)20-9-11-21(12-10-20)17-18-6-4-7-19-17/h4,6-7,14H,2-3,5,8-13H2,1H3. The van der Waals surface area contributed by atoms with Gasteiger partial charge in [0, 0.05) is 52.2 Å². The molecule has 25 heavy (non-hydrogen) atoms. The molecular formula is C17H25N5O3. The van der Waals surface area contributed by atoms with Gasteiger partial charge in [-0.05, 0) is 25.3 Å². The third-order valence-corrected chi connectivity index (χ3v) is 4.81. The maximum Gasteiger partial charge on any atom is 0.252 e. The van der Waals surface area contributed by atoms with Crippen LogP contribution in [0.3, 0.4) is 0 Å². The van der Waals surface area contributed by atoms with E-state index in [1.807, 2.05) is 4.90 Å². The number of aromatic nitrogens is 2. The van der Waals surface area contributed by atoms with Crippen molar-refractivity contribution in [1.82, 2.24) is 19.8 Å². The van der Waals surface area contributed by atoms with Gasteiger partial charge in [0.1, 0.15) is 6.10 Å². The summed E-state index contributed by atoms with van der Waals surface area (Å²) in [6.07, 6.45) is 5.62. The molecule has 0 aromatic carbocycles. The number of hydrogen-bond donors (Lipinski definition) is 0. The SMILES string of the molecule is COC1CCCCN(CC(=O)N2CCN(c3ncccn3)CC2)C1=O. The third-order valence-electron chi connectivity index (χ3n) is 4.81. The van der Waals surface area contributed by atoms with Crippen molar-refractivity contribution in [1.29, 1.82) is 0 Å². The number of amides is 2. The van der Waals surface area contributed by atoms with Crippen LogP contribution >= 0.6 is 0 Å². The molecule has 0 saturated carbocycles. The summed E-state index contributed by atoms with van der Waals surface area (Å²) in [4.78, 5) is 39.1. The van der Waals surface area contributed by atoms with Crippen LogP contribution in [0, 0.1) is 0 Å². The first-order valence-electron chi connectivity index (χ1n) is 8.80. The van der Waals surface area contributed by atoms with Crippen LogP contribution in [0.2, 0.25) is 0 Å². The summed E-state index contributed by atoms with van der Waals surface area (Å²) in [5.74, 6) is 0.628. The van der Waals surface area contributed by atoms with Gasteiger partial charge in [-0.1, -0.05) is 0 Å². The average Bonchev–Trinajstić information content (AvgIpc) is 2.84. The van der Waals surface area contributed by atoms with E-state index >= 15 is 0 Å². The Bertz CT molecular complexity index is 589. The fraction of sp³-hybridized carbons (Fsp3) is 0.647. The first-order chi connectivity index (χ1) is 12.2. The van der Waals surface area contributed by atoms with Gasteiger partial charge in [-0.15, -0.1) is 0 Å². The number of anilines is 1. The highest BCUT2D eigenvalue weighted by molar-refractivity contribution is 5.87. The molecule has 8 heteroatoms. The lowest BCUT2D eigenvalue weighted by Crippen LogP contribution is -2.53. The molecule has 1 unspecified atom stereocenters. The van der Waals surface area contributed by atoms with E-state index in [4.69, 9.17) is 4.74 Å². The van der Waals surface area contributed by atoms with E-state index in [1.54, 1.807) is 30.5 Å². The normalized spacial score (nSPS) is 22.0. The van der Waals surface area contributed by atoms with E-state index in [1.165, 1.54) is 0 Å². The minimum absolute atomic E-state index is 0.00117. The molecule has 0 aliphatic carbocycles. The lowest BCUT2D eigenvalue weighted by Gasteiger charge is -2.35. The van der Waals surface area contributed by atoms with Crippen LogP contribution in [0.4, 0.5) is 5.95 Å². The first kappa shape index (κ1) is 17.6. The molecule has 2 saturated heterocycles. The Labute approximate surface area is 147 Å². The second kappa shape index (κ2) is 8.24. The number of ether oxygens (including phenoxy) is 1. The second-order valence-corrected chi connectivity index (χ2v) is 6.40. The van der Waals surface area contributed by atoms with Gasteiger partial charge >= 0.3 is 0 Å². The fourth-order valence-corrected chi connectivity index (χ4v) is 3.32. The lowest BCUT2D eigenvalue weighted by molar-refractivity contribution is -0.146. The summed E-state index contributed by atoms with van der Waals surface area (Å²) in [5.41, 5.74) is 0. The first-order valence-corrected chi connectivity index (χ1v) is 8.80. The van der Waals surface area contributed by atoms with Crippen molar-refractivity contribution in [3.05, 3.63) is 18.5 Å². The number of likely N-dealkylation sites (tertiary alicyclic amines) is 1. The molecule has 2 aliphatic rings. The smallest absolute Gasteiger partial charge is 0.252 e. The Morgan fingerprint density at radius 1 is 1.16 bits per heavy atom. The molecule has 1 aromatic rings. The summed E-state index contributed by atoms with van der Waals surface area (Å²) in [7, 11) is 1.55. The van der Waals surface area contributed by atoms with Crippen molar-refractivity contribution in [2.45, 2.75) is 25.4 Å². The topological polar surface area (TPSA) is 78.9 Å². The number of rotatable bonds is 4. The van der Waals surface area contributed by atoms with Crippen molar-refractivity contribution >= 4 is 17.8 Å². The molecule has 136 valence electrons. The van der Waals surface area contributed by atoms with Crippen LogP contribution in [0.1, 0.15) is 19.3 Å². The van der Waals surface area contributed by atoms with Gasteiger partial charge in [0.15, 0.2) is 0 Å². The number of carbonyl (C=O) groups is 2. The minimum atomic E-state index is -0.414. The van der Waals surface area contributed by atoms with E-state index in [2.05, 4.69) is 14.9 Å². The molecule has 0 radical (unpaired) electrons. The molecule has 2 fully saturated rings. The van der Waals surface area contributed by atoms with Gasteiger partial charge in [0.25, 0.3) is 5.91 Å². The second-order valence-electron chi connectivity index (χ2n) is 6.40. The van der Waals surface area contributed by atoms with Crippen molar-refractivity contribution in [2.75, 3.05) is 51.3 Å². The van der Waals surface area contributed by atoms with Gasteiger partial charge in [-0.25, -0.2) is 9.97 Å². The lowest BCUT2D eigenvalue weighted by atomic mass is 10.2. The van der Waals surface area contributed by atoms with Gasteiger partial charge in [-0.3, -0.25) is 9.59 Å². The minimum Gasteiger partial charge on any atom is -0.372 e. The summed E-state index contributed by atoms with van der Waals surface area (Å²) < 4.78 is 5.27. The van der Waals surface area contributed by atoms with Crippen LogP contribution in [0.5, 0.6) is 0 Å². The van der Waals surface area contributed by atoms with Crippen LogP contribution in [0.25, 0.3) is 0 Å². The number of methoxy groups -OCH3 is 1. The zero-order valence-electron chi connectivity index (χ0n) is 14.6. The van der Waals surface area contributed by atoms with E-state index < -0.39 is 6.10 Å². The van der Waals surface area contributed by atoms with Crippen LogP contribution in [-0.4, -0.2) is 84.1 Å². The molecule has 3 rings (SSSR count). The Kier molecular flexibility index (Phi) is 5.80. The van der Waals surface area contributed by atoms with Crippen LogP contribution in [0.15, 0.2) is 18.5 Å². The van der Waals surface area contributed by atoms with Gasteiger partial charge in [-0.2, -0.15) is 0 Å². The molecule has 8 nitrogen and oxygen atoms in total. The third kappa shape index (κ3) is 4.25. The van der Waals surface area contributed by atoms with E-state index in [0.717, 1.165) is 19.3 Å². The Hall–Kier alpha value is -2.22. The van der Waals surface area contributed by atoms with Crippen molar-refractivity contribution in [2.24, 2.45) is 0 Å². The molecule has 1 atom stereocenters. The Balaban J connectivity index is 1.53. The van der Waals surface area contributed by atoms with Crippen LogP contribution < -0.4 is 4.90 Å². The molecule has 0 N–H and O–H groups in total. The molecule has 3 heterocycles. The molecule has 0 bridgehead atoms. The quantitative estimate of drug-likeness (QED) is 0.772. The van der Waals surface area contributed by atoms with Gasteiger partial charge in [0.2, 0.25) is 11.9 Å². The number of piperazine rings is 1. The van der Waals surface area contributed by atoms with Crippen LogP contribution in [-0.2, 0) is 14.3 Å². The van der Waals surface area contributed by atoms with Gasteiger partial charge < -0.3 is 19.4 Å². The zero-order chi connectivity index (χ0) is 17.6. The van der Waals surface area contributed by atoms with E-state index in [-0.39, 0.29) is 18.4 Å². The summed E-state index contributed by atoms with van der Waals surface area (Å²) >= 11 is 0. The van der Waals surface area contributed by atoms with E-state index in [9.17, 15) is 9.59 Å². The highest BCUT2D eigenvalue weighted by Gasteiger charge is 2.30. The predicted octanol–water partition coefficient (Wildman–Crippen LogP) is 0.153. The molecule has 1 aromatic heterocycles. The van der Waals surface area contributed by atoms with Crippen molar-refractivity contribution in [3.63, 3.8) is 0 Å². The number of nitrogens with zero attached hydrogens (tertiary/aromatic N) is 5. The highest BCUT2D eigenvalue weighted by atomic mass is 16.5. The van der Waals surface area contributed by atoms with Gasteiger partial charge in [0.05, 0.1) is 6.54 Å². The van der Waals surface area contributed by atoms with Crippen molar-refractivity contribution in [3.8, 4) is 0 Å².